The predicted octanol–water partition coefficient (Wildman–Crippen LogP) is 2.28. The molecule has 0 saturated heterocycles. The summed E-state index contributed by atoms with van der Waals surface area (Å²) in [5.74, 6) is -3.76. The zero-order chi connectivity index (χ0) is 17.7. The molecule has 0 radical (unpaired) electrons. The van der Waals surface area contributed by atoms with Crippen LogP contribution in [0.2, 0.25) is 0 Å². The van der Waals surface area contributed by atoms with Gasteiger partial charge in [0.05, 0.1) is 5.56 Å². The van der Waals surface area contributed by atoms with E-state index in [1.54, 1.807) is 0 Å². The van der Waals surface area contributed by atoms with Gasteiger partial charge in [0.25, 0.3) is 5.91 Å². The molecule has 1 atom stereocenters. The summed E-state index contributed by atoms with van der Waals surface area (Å²) >= 11 is 0. The molecule has 0 aliphatic heterocycles. The van der Waals surface area contributed by atoms with E-state index in [1.165, 1.54) is 6.92 Å². The summed E-state index contributed by atoms with van der Waals surface area (Å²) in [6, 6.07) is 1.57. The largest absolute Gasteiger partial charge is 0.449 e. The highest BCUT2D eigenvalue weighted by Gasteiger charge is 2.23. The van der Waals surface area contributed by atoms with Crippen molar-refractivity contribution in [1.29, 1.82) is 0 Å². The van der Waals surface area contributed by atoms with Crippen LogP contribution in [0.15, 0.2) is 18.2 Å². The summed E-state index contributed by atoms with van der Waals surface area (Å²) in [5, 5.41) is 4.73. The molecule has 0 aromatic heterocycles. The number of hydrogen-bond acceptors (Lipinski definition) is 4. The molecule has 1 aliphatic carbocycles. The van der Waals surface area contributed by atoms with E-state index in [0.29, 0.717) is 6.07 Å². The number of carbonyl (C=O) groups is 3. The number of imide groups is 1. The van der Waals surface area contributed by atoms with Gasteiger partial charge >= 0.3 is 12.0 Å². The van der Waals surface area contributed by atoms with Gasteiger partial charge in [-0.15, -0.1) is 0 Å². The van der Waals surface area contributed by atoms with Crippen molar-refractivity contribution >= 4 is 17.9 Å². The average Bonchev–Trinajstić information content (AvgIpc) is 2.98. The molecule has 0 bridgehead atoms. The lowest BCUT2D eigenvalue weighted by Crippen LogP contribution is -2.47. The first-order valence-corrected chi connectivity index (χ1v) is 7.63. The maximum Gasteiger partial charge on any atom is 0.339 e. The van der Waals surface area contributed by atoms with Crippen LogP contribution in [0, 0.1) is 11.6 Å². The Labute approximate surface area is 137 Å². The standard InChI is InChI=1S/C16H18F2N2O4/c1-9(14(21)20-16(23)19-13-4-2-3-5-13)24-15(22)10-6-11(17)8-12(18)7-10/h6-9,13H,2-5H2,1H3,(H2,19,20,21,23)/t9-/m0/s1. The van der Waals surface area contributed by atoms with Gasteiger partial charge in [-0.2, -0.15) is 0 Å². The Morgan fingerprint density at radius 3 is 2.29 bits per heavy atom. The lowest BCUT2D eigenvalue weighted by atomic mass is 10.2. The molecule has 24 heavy (non-hydrogen) atoms. The smallest absolute Gasteiger partial charge is 0.339 e. The van der Waals surface area contributed by atoms with Crippen molar-refractivity contribution in [2.75, 3.05) is 0 Å². The summed E-state index contributed by atoms with van der Waals surface area (Å²) in [6.45, 7) is 1.26. The molecule has 0 heterocycles. The minimum atomic E-state index is -1.29. The van der Waals surface area contributed by atoms with Crippen molar-refractivity contribution < 1.29 is 27.9 Å². The molecule has 2 N–H and O–H groups in total. The van der Waals surface area contributed by atoms with E-state index in [1.807, 2.05) is 0 Å². The quantitative estimate of drug-likeness (QED) is 0.824. The summed E-state index contributed by atoms with van der Waals surface area (Å²) < 4.78 is 31.0. The number of rotatable bonds is 4. The second-order valence-electron chi connectivity index (χ2n) is 5.65. The molecular weight excluding hydrogens is 322 g/mol. The van der Waals surface area contributed by atoms with Crippen molar-refractivity contribution in [3.63, 3.8) is 0 Å². The van der Waals surface area contributed by atoms with Gasteiger partial charge in [0.15, 0.2) is 6.10 Å². The van der Waals surface area contributed by atoms with Crippen molar-refractivity contribution in [1.82, 2.24) is 10.6 Å². The normalized spacial score (nSPS) is 15.6. The monoisotopic (exact) mass is 340 g/mol. The molecule has 1 fully saturated rings. The third-order valence-corrected chi connectivity index (χ3v) is 3.68. The Hall–Kier alpha value is -2.51. The number of amides is 3. The van der Waals surface area contributed by atoms with Crippen LogP contribution in [0.25, 0.3) is 0 Å². The fourth-order valence-corrected chi connectivity index (χ4v) is 2.46. The first-order chi connectivity index (χ1) is 11.3. The van der Waals surface area contributed by atoms with Gasteiger partial charge in [0, 0.05) is 12.1 Å². The number of hydrogen-bond donors (Lipinski definition) is 2. The molecule has 130 valence electrons. The minimum Gasteiger partial charge on any atom is -0.449 e. The first kappa shape index (κ1) is 17.8. The summed E-state index contributed by atoms with van der Waals surface area (Å²) in [5.41, 5.74) is -0.359. The van der Waals surface area contributed by atoms with Gasteiger partial charge in [0.2, 0.25) is 0 Å². The van der Waals surface area contributed by atoms with E-state index in [4.69, 9.17) is 4.74 Å². The molecule has 1 aromatic carbocycles. The Bertz CT molecular complexity index is 625. The SMILES string of the molecule is C[C@H](OC(=O)c1cc(F)cc(F)c1)C(=O)NC(=O)NC1CCCC1. The van der Waals surface area contributed by atoms with Crippen LogP contribution in [-0.4, -0.2) is 30.1 Å². The number of halogens is 2. The highest BCUT2D eigenvalue weighted by atomic mass is 19.1. The van der Waals surface area contributed by atoms with Gasteiger partial charge < -0.3 is 10.1 Å². The van der Waals surface area contributed by atoms with E-state index >= 15 is 0 Å². The number of carbonyl (C=O) groups excluding carboxylic acids is 3. The number of esters is 1. The summed E-state index contributed by atoms with van der Waals surface area (Å²) in [7, 11) is 0. The third kappa shape index (κ3) is 5.00. The van der Waals surface area contributed by atoms with Crippen LogP contribution in [0.5, 0.6) is 0 Å². The second kappa shape index (κ2) is 7.85. The van der Waals surface area contributed by atoms with Crippen molar-refractivity contribution in [3.05, 3.63) is 35.4 Å². The zero-order valence-electron chi connectivity index (χ0n) is 13.1. The Morgan fingerprint density at radius 2 is 1.71 bits per heavy atom. The summed E-state index contributed by atoms with van der Waals surface area (Å²) in [6.07, 6.45) is 2.47. The molecule has 1 saturated carbocycles. The van der Waals surface area contributed by atoms with E-state index < -0.39 is 35.6 Å². The van der Waals surface area contributed by atoms with Crippen LogP contribution in [0.3, 0.4) is 0 Å². The number of urea groups is 1. The maximum atomic E-state index is 13.1. The van der Waals surface area contributed by atoms with Crippen LogP contribution in [-0.2, 0) is 9.53 Å². The highest BCUT2D eigenvalue weighted by molar-refractivity contribution is 5.98. The molecule has 2 rings (SSSR count). The van der Waals surface area contributed by atoms with Crippen molar-refractivity contribution in [3.8, 4) is 0 Å². The van der Waals surface area contributed by atoms with Gasteiger partial charge in [0.1, 0.15) is 11.6 Å². The van der Waals surface area contributed by atoms with Gasteiger partial charge in [-0.05, 0) is 31.9 Å². The van der Waals surface area contributed by atoms with Gasteiger partial charge in [-0.25, -0.2) is 18.4 Å². The lowest BCUT2D eigenvalue weighted by Gasteiger charge is -2.15. The molecule has 3 amide bonds. The van der Waals surface area contributed by atoms with Gasteiger partial charge in [-0.3, -0.25) is 10.1 Å². The predicted molar refractivity (Wildman–Crippen MR) is 80.2 cm³/mol. The first-order valence-electron chi connectivity index (χ1n) is 7.63. The number of nitrogens with one attached hydrogen (secondary N) is 2. The van der Waals surface area contributed by atoms with Crippen molar-refractivity contribution in [2.24, 2.45) is 0 Å². The van der Waals surface area contributed by atoms with Crippen LogP contribution in [0.1, 0.15) is 43.0 Å². The molecule has 1 aliphatic rings. The average molecular weight is 340 g/mol. The van der Waals surface area contributed by atoms with E-state index in [2.05, 4.69) is 10.6 Å². The topological polar surface area (TPSA) is 84.5 Å². The molecule has 6 nitrogen and oxygen atoms in total. The minimum absolute atomic E-state index is 0.0333. The van der Waals surface area contributed by atoms with E-state index in [9.17, 15) is 23.2 Å². The number of benzene rings is 1. The second-order valence-corrected chi connectivity index (χ2v) is 5.65. The van der Waals surface area contributed by atoms with E-state index in [0.717, 1.165) is 37.8 Å². The zero-order valence-corrected chi connectivity index (χ0v) is 13.1. The Kier molecular flexibility index (Phi) is 5.83. The third-order valence-electron chi connectivity index (χ3n) is 3.68. The highest BCUT2D eigenvalue weighted by Crippen LogP contribution is 2.17. The van der Waals surface area contributed by atoms with Gasteiger partial charge in [-0.1, -0.05) is 12.8 Å². The molecule has 0 spiro atoms. The molecule has 8 heteroatoms. The van der Waals surface area contributed by atoms with Crippen LogP contribution < -0.4 is 10.6 Å². The molecular formula is C16H18F2N2O4. The summed E-state index contributed by atoms with van der Waals surface area (Å²) in [4.78, 5) is 35.3. The fraction of sp³-hybridized carbons (Fsp3) is 0.438. The number of ether oxygens (including phenoxy) is 1. The fourth-order valence-electron chi connectivity index (χ4n) is 2.46. The Balaban J connectivity index is 1.86. The molecule has 0 unspecified atom stereocenters. The van der Waals surface area contributed by atoms with Crippen LogP contribution in [0.4, 0.5) is 13.6 Å². The van der Waals surface area contributed by atoms with E-state index in [-0.39, 0.29) is 11.6 Å². The van der Waals surface area contributed by atoms with Crippen molar-refractivity contribution in [2.45, 2.75) is 44.8 Å². The Morgan fingerprint density at radius 1 is 1.12 bits per heavy atom. The van der Waals surface area contributed by atoms with Crippen LogP contribution >= 0.6 is 0 Å². The lowest BCUT2D eigenvalue weighted by molar-refractivity contribution is -0.127. The maximum absolute atomic E-state index is 13.1. The molecule has 1 aromatic rings.